The number of hydrogen-bond donors (Lipinski definition) is 2. The molecule has 1 aromatic carbocycles. The number of nitrogens with two attached hydrogens (primary N) is 1. The second-order valence-corrected chi connectivity index (χ2v) is 3.58. The van der Waals surface area contributed by atoms with Crippen molar-refractivity contribution in [1.82, 2.24) is 0 Å². The summed E-state index contributed by atoms with van der Waals surface area (Å²) in [4.78, 5) is 11.5. The summed E-state index contributed by atoms with van der Waals surface area (Å²) in [5, 5.41) is 10.5. The quantitative estimate of drug-likeness (QED) is 0.355. The van der Waals surface area contributed by atoms with E-state index in [2.05, 4.69) is 6.58 Å². The molecule has 1 aromatic rings. The van der Waals surface area contributed by atoms with Crippen molar-refractivity contribution in [2.75, 3.05) is 5.01 Å². The number of benzene rings is 1. The van der Waals surface area contributed by atoms with E-state index in [1.54, 1.807) is 19.1 Å². The van der Waals surface area contributed by atoms with Crippen LogP contribution in [-0.2, 0) is 4.79 Å². The molecule has 0 aliphatic heterocycles. The Hall–Kier alpha value is -1.81. The first-order valence-corrected chi connectivity index (χ1v) is 5.04. The molecule has 0 aliphatic carbocycles. The van der Waals surface area contributed by atoms with E-state index in [0.717, 1.165) is 10.6 Å². The van der Waals surface area contributed by atoms with Crippen LogP contribution in [0.4, 0.5) is 5.69 Å². The molecule has 0 aromatic heterocycles. The third-order valence-electron chi connectivity index (χ3n) is 2.29. The van der Waals surface area contributed by atoms with Gasteiger partial charge < -0.3 is 5.11 Å². The summed E-state index contributed by atoms with van der Waals surface area (Å²) in [5.74, 6) is 5.35. The van der Waals surface area contributed by atoms with Crippen molar-refractivity contribution in [3.63, 3.8) is 0 Å². The molecule has 0 aliphatic rings. The molecule has 0 unspecified atom stereocenters. The zero-order valence-electron chi connectivity index (χ0n) is 9.53. The highest BCUT2D eigenvalue weighted by Gasteiger charge is 2.15. The number of hydrogen-bond acceptors (Lipinski definition) is 3. The molecule has 0 saturated carbocycles. The van der Waals surface area contributed by atoms with Crippen molar-refractivity contribution in [1.29, 1.82) is 0 Å². The van der Waals surface area contributed by atoms with Crippen molar-refractivity contribution in [3.8, 4) is 0 Å². The Bertz CT molecular complexity index is 427. The summed E-state index contributed by atoms with van der Waals surface area (Å²) in [6.07, 6.45) is 0.307. The van der Waals surface area contributed by atoms with Crippen LogP contribution in [-0.4, -0.2) is 11.0 Å². The third-order valence-corrected chi connectivity index (χ3v) is 2.29. The molecule has 0 heterocycles. The Balaban J connectivity index is 3.22. The molecular weight excluding hydrogens is 204 g/mol. The summed E-state index contributed by atoms with van der Waals surface area (Å²) >= 11 is 0. The first-order chi connectivity index (χ1) is 7.47. The van der Waals surface area contributed by atoms with Gasteiger partial charge in [-0.25, -0.2) is 10.9 Å². The van der Waals surface area contributed by atoms with E-state index < -0.39 is 0 Å². The lowest BCUT2D eigenvalue weighted by molar-refractivity contribution is -0.118. The second kappa shape index (κ2) is 4.81. The SMILES string of the molecule is C=C(O)c1cc(C)ccc1N(N)C(=O)CC. The number of nitrogens with zero attached hydrogens (tertiary/aromatic N) is 1. The normalized spacial score (nSPS) is 9.94. The first kappa shape index (κ1) is 12.3. The lowest BCUT2D eigenvalue weighted by Gasteiger charge is -2.19. The van der Waals surface area contributed by atoms with Crippen LogP contribution < -0.4 is 10.9 Å². The molecule has 86 valence electrons. The smallest absolute Gasteiger partial charge is 0.240 e. The molecule has 4 heteroatoms. The number of aryl methyl sites for hydroxylation is 1. The molecule has 0 saturated heterocycles. The van der Waals surface area contributed by atoms with Gasteiger partial charge in [0.1, 0.15) is 5.76 Å². The molecule has 1 rings (SSSR count). The van der Waals surface area contributed by atoms with Gasteiger partial charge in [-0.05, 0) is 19.1 Å². The fourth-order valence-electron chi connectivity index (χ4n) is 1.40. The van der Waals surface area contributed by atoms with Gasteiger partial charge in [0.05, 0.1) is 5.69 Å². The summed E-state index contributed by atoms with van der Waals surface area (Å²) in [6.45, 7) is 7.07. The van der Waals surface area contributed by atoms with Crippen molar-refractivity contribution in [2.24, 2.45) is 5.84 Å². The van der Waals surface area contributed by atoms with Crippen LogP contribution in [0.2, 0.25) is 0 Å². The van der Waals surface area contributed by atoms with Crippen LogP contribution >= 0.6 is 0 Å². The van der Waals surface area contributed by atoms with Crippen LogP contribution in [0, 0.1) is 6.92 Å². The molecule has 0 atom stereocenters. The number of amides is 1. The maximum atomic E-state index is 11.5. The average Bonchev–Trinajstić information content (AvgIpc) is 2.26. The molecule has 3 N–H and O–H groups in total. The second-order valence-electron chi connectivity index (χ2n) is 3.58. The fourth-order valence-corrected chi connectivity index (χ4v) is 1.40. The number of aliphatic hydroxyl groups excluding tert-OH is 1. The van der Waals surface area contributed by atoms with Crippen molar-refractivity contribution in [2.45, 2.75) is 20.3 Å². The Morgan fingerprint density at radius 2 is 2.19 bits per heavy atom. The molecule has 0 bridgehead atoms. The van der Waals surface area contributed by atoms with Gasteiger partial charge in [0.2, 0.25) is 5.91 Å². The molecule has 0 radical (unpaired) electrons. The molecule has 16 heavy (non-hydrogen) atoms. The van der Waals surface area contributed by atoms with Crippen molar-refractivity contribution >= 4 is 17.4 Å². The third kappa shape index (κ3) is 2.41. The van der Waals surface area contributed by atoms with Crippen LogP contribution in [0.25, 0.3) is 5.76 Å². The lowest BCUT2D eigenvalue weighted by atomic mass is 10.1. The predicted octanol–water partition coefficient (Wildman–Crippen LogP) is 2.14. The van der Waals surface area contributed by atoms with Gasteiger partial charge in [-0.1, -0.05) is 25.1 Å². The predicted molar refractivity (Wildman–Crippen MR) is 64.8 cm³/mol. The maximum absolute atomic E-state index is 11.5. The van der Waals surface area contributed by atoms with Crippen LogP contribution in [0.1, 0.15) is 24.5 Å². The number of rotatable bonds is 3. The fraction of sp³-hybridized carbons (Fsp3) is 0.250. The molecule has 4 nitrogen and oxygen atoms in total. The highest BCUT2D eigenvalue weighted by molar-refractivity contribution is 5.94. The van der Waals surface area contributed by atoms with Gasteiger partial charge >= 0.3 is 0 Å². The Kier molecular flexibility index (Phi) is 3.68. The van der Waals surface area contributed by atoms with E-state index in [4.69, 9.17) is 5.84 Å². The van der Waals surface area contributed by atoms with Gasteiger partial charge in [0.15, 0.2) is 0 Å². The first-order valence-electron chi connectivity index (χ1n) is 5.04. The van der Waals surface area contributed by atoms with Crippen molar-refractivity contribution < 1.29 is 9.90 Å². The number of hydrazine groups is 1. The van der Waals surface area contributed by atoms with Gasteiger partial charge in [-0.3, -0.25) is 4.79 Å². The monoisotopic (exact) mass is 220 g/mol. The summed E-state index contributed by atoms with van der Waals surface area (Å²) in [7, 11) is 0. The zero-order chi connectivity index (χ0) is 12.3. The van der Waals surface area contributed by atoms with Gasteiger partial charge in [0.25, 0.3) is 0 Å². The number of carbonyl (C=O) groups is 1. The molecular formula is C12H16N2O2. The topological polar surface area (TPSA) is 66.6 Å². The number of carbonyl (C=O) groups excluding carboxylic acids is 1. The minimum Gasteiger partial charge on any atom is -0.508 e. The minimum absolute atomic E-state index is 0.0990. The zero-order valence-corrected chi connectivity index (χ0v) is 9.53. The van der Waals surface area contributed by atoms with E-state index in [1.807, 2.05) is 13.0 Å². The number of aliphatic hydroxyl groups is 1. The largest absolute Gasteiger partial charge is 0.508 e. The average molecular weight is 220 g/mol. The lowest BCUT2D eigenvalue weighted by Crippen LogP contribution is -2.37. The van der Waals surface area contributed by atoms with E-state index in [1.165, 1.54) is 0 Å². The molecule has 0 spiro atoms. The molecule has 1 amide bonds. The van der Waals surface area contributed by atoms with E-state index >= 15 is 0 Å². The van der Waals surface area contributed by atoms with E-state index in [-0.39, 0.29) is 11.7 Å². The minimum atomic E-state index is -0.216. The van der Waals surface area contributed by atoms with Crippen LogP contribution in [0.3, 0.4) is 0 Å². The van der Waals surface area contributed by atoms with Crippen LogP contribution in [0.5, 0.6) is 0 Å². The van der Waals surface area contributed by atoms with Crippen LogP contribution in [0.15, 0.2) is 24.8 Å². The Morgan fingerprint density at radius 1 is 1.56 bits per heavy atom. The summed E-state index contributed by atoms with van der Waals surface area (Å²) in [5.41, 5.74) is 1.90. The summed E-state index contributed by atoms with van der Waals surface area (Å²) in [6, 6.07) is 5.25. The number of anilines is 1. The molecule has 0 fully saturated rings. The highest BCUT2D eigenvalue weighted by atomic mass is 16.3. The van der Waals surface area contributed by atoms with Gasteiger partial charge in [-0.15, -0.1) is 0 Å². The van der Waals surface area contributed by atoms with Gasteiger partial charge in [-0.2, -0.15) is 0 Å². The summed E-state index contributed by atoms with van der Waals surface area (Å²) < 4.78 is 0. The Labute approximate surface area is 95.0 Å². The highest BCUT2D eigenvalue weighted by Crippen LogP contribution is 2.25. The standard InChI is InChI=1S/C12H16N2O2/c1-4-12(16)14(13)11-6-5-8(2)7-10(11)9(3)15/h5-7,15H,3-4,13H2,1-2H3. The Morgan fingerprint density at radius 3 is 2.69 bits per heavy atom. The van der Waals surface area contributed by atoms with Gasteiger partial charge in [0, 0.05) is 12.0 Å². The maximum Gasteiger partial charge on any atom is 0.240 e. The van der Waals surface area contributed by atoms with E-state index in [9.17, 15) is 9.90 Å². The van der Waals surface area contributed by atoms with E-state index in [0.29, 0.717) is 17.7 Å². The van der Waals surface area contributed by atoms with Crippen molar-refractivity contribution in [3.05, 3.63) is 35.9 Å².